The largest absolute Gasteiger partial charge is 0.343 e. The number of amides is 1. The van der Waals surface area contributed by atoms with Crippen LogP contribution in [0.15, 0.2) is 0 Å². The lowest BCUT2D eigenvalue weighted by Crippen LogP contribution is -2.40. The molecule has 0 spiro atoms. The molecule has 0 bridgehead atoms. The van der Waals surface area contributed by atoms with Crippen molar-refractivity contribution in [2.75, 3.05) is 26.2 Å². The maximum atomic E-state index is 12.4. The van der Waals surface area contributed by atoms with Crippen molar-refractivity contribution >= 4 is 5.91 Å². The lowest BCUT2D eigenvalue weighted by molar-refractivity contribution is -0.132. The fraction of sp³-hybridized carbons (Fsp3) is 0.765. The van der Waals surface area contributed by atoms with E-state index in [4.69, 9.17) is 0 Å². The van der Waals surface area contributed by atoms with Gasteiger partial charge in [-0.2, -0.15) is 5.10 Å². The standard InChI is InChI=1S/C17H30N4O/c1-5-18-12-15-8-10-21(11-9-15)17(22)7-6-16-13(2)19-20(4)14(16)3/h15,18H,5-12H2,1-4H3. The van der Waals surface area contributed by atoms with Gasteiger partial charge in [0, 0.05) is 32.3 Å². The average molecular weight is 306 g/mol. The van der Waals surface area contributed by atoms with E-state index in [1.807, 2.05) is 23.6 Å². The normalized spacial score (nSPS) is 16.3. The Labute approximate surface area is 134 Å². The highest BCUT2D eigenvalue weighted by molar-refractivity contribution is 5.76. The van der Waals surface area contributed by atoms with Gasteiger partial charge in [0.2, 0.25) is 5.91 Å². The topological polar surface area (TPSA) is 50.2 Å². The van der Waals surface area contributed by atoms with Gasteiger partial charge in [-0.3, -0.25) is 9.48 Å². The molecule has 5 heteroatoms. The van der Waals surface area contributed by atoms with E-state index in [9.17, 15) is 4.79 Å². The molecule has 0 aromatic carbocycles. The van der Waals surface area contributed by atoms with Gasteiger partial charge in [-0.1, -0.05) is 6.92 Å². The van der Waals surface area contributed by atoms with Crippen LogP contribution in [0.25, 0.3) is 0 Å². The SMILES string of the molecule is CCNCC1CCN(C(=O)CCc2c(C)nn(C)c2C)CC1. The number of aromatic nitrogens is 2. The van der Waals surface area contributed by atoms with Gasteiger partial charge in [-0.15, -0.1) is 0 Å². The van der Waals surface area contributed by atoms with Crippen molar-refractivity contribution in [3.63, 3.8) is 0 Å². The number of aryl methyl sites for hydroxylation is 2. The van der Waals surface area contributed by atoms with Crippen molar-refractivity contribution in [3.05, 3.63) is 17.0 Å². The van der Waals surface area contributed by atoms with Gasteiger partial charge in [0.25, 0.3) is 0 Å². The molecule has 2 heterocycles. The fourth-order valence-corrected chi connectivity index (χ4v) is 3.30. The number of likely N-dealkylation sites (tertiary alicyclic amines) is 1. The molecule has 0 aliphatic carbocycles. The van der Waals surface area contributed by atoms with Crippen LogP contribution >= 0.6 is 0 Å². The predicted octanol–water partition coefficient (Wildman–Crippen LogP) is 1.82. The van der Waals surface area contributed by atoms with Crippen LogP contribution in [-0.2, 0) is 18.3 Å². The lowest BCUT2D eigenvalue weighted by atomic mass is 9.96. The Balaban J connectivity index is 1.79. The minimum atomic E-state index is 0.296. The third-order valence-electron chi connectivity index (χ3n) is 4.90. The van der Waals surface area contributed by atoms with Crippen LogP contribution in [-0.4, -0.2) is 46.8 Å². The molecule has 22 heavy (non-hydrogen) atoms. The highest BCUT2D eigenvalue weighted by Gasteiger charge is 2.22. The van der Waals surface area contributed by atoms with Gasteiger partial charge in [-0.25, -0.2) is 0 Å². The van der Waals surface area contributed by atoms with E-state index in [0.717, 1.165) is 57.1 Å². The number of piperidine rings is 1. The summed E-state index contributed by atoms with van der Waals surface area (Å²) in [7, 11) is 1.96. The second-order valence-corrected chi connectivity index (χ2v) is 6.40. The Bertz CT molecular complexity index is 501. The lowest BCUT2D eigenvalue weighted by Gasteiger charge is -2.32. The van der Waals surface area contributed by atoms with Gasteiger partial charge in [0.15, 0.2) is 0 Å². The molecule has 0 unspecified atom stereocenters. The minimum absolute atomic E-state index is 0.296. The van der Waals surface area contributed by atoms with Crippen LogP contribution in [0.5, 0.6) is 0 Å². The highest BCUT2D eigenvalue weighted by Crippen LogP contribution is 2.19. The van der Waals surface area contributed by atoms with Crippen molar-refractivity contribution in [2.45, 2.75) is 46.5 Å². The molecule has 124 valence electrons. The third kappa shape index (κ3) is 4.09. The Kier molecular flexibility index (Phi) is 6.00. The molecule has 1 saturated heterocycles. The number of rotatable bonds is 6. The number of carbonyl (C=O) groups is 1. The van der Waals surface area contributed by atoms with Crippen LogP contribution in [0, 0.1) is 19.8 Å². The van der Waals surface area contributed by atoms with Crippen LogP contribution in [0.1, 0.15) is 43.1 Å². The molecule has 0 radical (unpaired) electrons. The zero-order chi connectivity index (χ0) is 16.1. The molecule has 1 N–H and O–H groups in total. The zero-order valence-corrected chi connectivity index (χ0v) is 14.5. The zero-order valence-electron chi connectivity index (χ0n) is 14.5. The van der Waals surface area contributed by atoms with Crippen molar-refractivity contribution < 1.29 is 4.79 Å². The van der Waals surface area contributed by atoms with Gasteiger partial charge < -0.3 is 10.2 Å². The van der Waals surface area contributed by atoms with Crippen molar-refractivity contribution in [1.82, 2.24) is 20.0 Å². The first-order chi connectivity index (χ1) is 10.5. The van der Waals surface area contributed by atoms with Crippen LogP contribution < -0.4 is 5.32 Å². The second-order valence-electron chi connectivity index (χ2n) is 6.40. The van der Waals surface area contributed by atoms with E-state index in [1.165, 1.54) is 11.3 Å². The summed E-state index contributed by atoms with van der Waals surface area (Å²) in [6, 6.07) is 0. The van der Waals surface area contributed by atoms with Gasteiger partial charge >= 0.3 is 0 Å². The van der Waals surface area contributed by atoms with Crippen molar-refractivity contribution in [3.8, 4) is 0 Å². The first-order valence-corrected chi connectivity index (χ1v) is 8.50. The molecular formula is C17H30N4O. The van der Waals surface area contributed by atoms with E-state index in [-0.39, 0.29) is 0 Å². The minimum Gasteiger partial charge on any atom is -0.343 e. The highest BCUT2D eigenvalue weighted by atomic mass is 16.2. The Hall–Kier alpha value is -1.36. The quantitative estimate of drug-likeness (QED) is 0.872. The number of carbonyl (C=O) groups excluding carboxylic acids is 1. The van der Waals surface area contributed by atoms with E-state index in [0.29, 0.717) is 12.3 Å². The summed E-state index contributed by atoms with van der Waals surface area (Å²) in [4.78, 5) is 14.4. The molecular weight excluding hydrogens is 276 g/mol. The van der Waals surface area contributed by atoms with E-state index in [2.05, 4.69) is 24.3 Å². The van der Waals surface area contributed by atoms with Crippen molar-refractivity contribution in [2.24, 2.45) is 13.0 Å². The molecule has 5 nitrogen and oxygen atoms in total. The van der Waals surface area contributed by atoms with Gasteiger partial charge in [0.1, 0.15) is 0 Å². The Morgan fingerprint density at radius 1 is 1.32 bits per heavy atom. The summed E-state index contributed by atoms with van der Waals surface area (Å²) >= 11 is 0. The molecule has 2 rings (SSSR count). The van der Waals surface area contributed by atoms with Crippen molar-refractivity contribution in [1.29, 1.82) is 0 Å². The molecule has 1 aromatic heterocycles. The first-order valence-electron chi connectivity index (χ1n) is 8.50. The van der Waals surface area contributed by atoms with E-state index in [1.54, 1.807) is 0 Å². The Morgan fingerprint density at radius 2 is 2.00 bits per heavy atom. The summed E-state index contributed by atoms with van der Waals surface area (Å²) in [5.41, 5.74) is 3.46. The third-order valence-corrected chi connectivity index (χ3v) is 4.90. The molecule has 1 aliphatic heterocycles. The van der Waals surface area contributed by atoms with Crippen LogP contribution in [0.4, 0.5) is 0 Å². The summed E-state index contributed by atoms with van der Waals surface area (Å²) in [5, 5.41) is 7.84. The number of nitrogens with one attached hydrogen (secondary N) is 1. The van der Waals surface area contributed by atoms with Gasteiger partial charge in [0.05, 0.1) is 5.69 Å². The number of nitrogens with zero attached hydrogens (tertiary/aromatic N) is 3. The number of hydrogen-bond donors (Lipinski definition) is 1. The smallest absolute Gasteiger partial charge is 0.222 e. The van der Waals surface area contributed by atoms with Crippen LogP contribution in [0.2, 0.25) is 0 Å². The average Bonchev–Trinajstić information content (AvgIpc) is 2.76. The summed E-state index contributed by atoms with van der Waals surface area (Å²) < 4.78 is 1.90. The fourth-order valence-electron chi connectivity index (χ4n) is 3.30. The molecule has 1 aromatic rings. The van der Waals surface area contributed by atoms with E-state index < -0.39 is 0 Å². The molecule has 0 saturated carbocycles. The molecule has 1 aliphatic rings. The molecule has 0 atom stereocenters. The summed E-state index contributed by atoms with van der Waals surface area (Å²) in [6.07, 6.45) is 3.67. The van der Waals surface area contributed by atoms with E-state index >= 15 is 0 Å². The number of hydrogen-bond acceptors (Lipinski definition) is 3. The Morgan fingerprint density at radius 3 is 2.55 bits per heavy atom. The first kappa shape index (κ1) is 17.0. The maximum Gasteiger partial charge on any atom is 0.222 e. The predicted molar refractivity (Wildman–Crippen MR) is 88.9 cm³/mol. The maximum absolute atomic E-state index is 12.4. The summed E-state index contributed by atoms with van der Waals surface area (Å²) in [5.74, 6) is 1.02. The second kappa shape index (κ2) is 7.77. The summed E-state index contributed by atoms with van der Waals surface area (Å²) in [6.45, 7) is 10.2. The van der Waals surface area contributed by atoms with Crippen LogP contribution in [0.3, 0.4) is 0 Å². The molecule has 1 amide bonds. The monoisotopic (exact) mass is 306 g/mol. The molecule has 1 fully saturated rings. The van der Waals surface area contributed by atoms with Gasteiger partial charge in [-0.05, 0) is 57.7 Å².